The highest BCUT2D eigenvalue weighted by Gasteiger charge is 2.39. The number of esters is 1. The monoisotopic (exact) mass is 500 g/mol. The first-order valence-corrected chi connectivity index (χ1v) is 15.5. The van der Waals surface area contributed by atoms with E-state index in [4.69, 9.17) is 9.16 Å². The van der Waals surface area contributed by atoms with Crippen LogP contribution < -0.4 is 4.43 Å². The summed E-state index contributed by atoms with van der Waals surface area (Å²) in [6.07, 6.45) is 3.84. The molecule has 0 N–H and O–H groups in total. The van der Waals surface area contributed by atoms with Crippen LogP contribution >= 0.6 is 0 Å². The summed E-state index contributed by atoms with van der Waals surface area (Å²) in [5.74, 6) is 13.3. The molecule has 0 aliphatic carbocycles. The van der Waals surface area contributed by atoms with Gasteiger partial charge in [0.2, 0.25) is 0 Å². The lowest BCUT2D eigenvalue weighted by Crippen LogP contribution is -2.44. The van der Waals surface area contributed by atoms with Crippen LogP contribution in [0, 0.1) is 37.5 Å². The van der Waals surface area contributed by atoms with Gasteiger partial charge in [-0.1, -0.05) is 74.8 Å². The Morgan fingerprint density at radius 1 is 1.00 bits per heavy atom. The highest BCUT2D eigenvalue weighted by Crippen LogP contribution is 2.39. The van der Waals surface area contributed by atoms with E-state index in [0.717, 1.165) is 47.3 Å². The molecule has 0 fully saturated rings. The minimum Gasteiger partial charge on any atom is -0.543 e. The Labute approximate surface area is 219 Å². The molecule has 0 unspecified atom stereocenters. The summed E-state index contributed by atoms with van der Waals surface area (Å²) < 4.78 is 11.8. The van der Waals surface area contributed by atoms with Crippen molar-refractivity contribution in [3.05, 3.63) is 76.4 Å². The molecule has 3 nitrogen and oxygen atoms in total. The molecule has 0 atom stereocenters. The molecule has 0 spiro atoms. The van der Waals surface area contributed by atoms with Crippen LogP contribution in [0.15, 0.2) is 54.1 Å². The van der Waals surface area contributed by atoms with Gasteiger partial charge in [-0.05, 0) is 74.1 Å². The SMILES string of the molecule is C/C(C#CCCCC#Cc1cc(C)c(O[Si](C)(C)C(C)(C)C)c(C)c1)=C/C(=O)OCc1ccccc1. The van der Waals surface area contributed by atoms with Gasteiger partial charge in [-0.15, -0.1) is 0 Å². The first-order chi connectivity index (χ1) is 16.9. The highest BCUT2D eigenvalue weighted by atomic mass is 28.4. The lowest BCUT2D eigenvalue weighted by molar-refractivity contribution is -0.139. The quantitative estimate of drug-likeness (QED) is 0.127. The van der Waals surface area contributed by atoms with Gasteiger partial charge in [0.15, 0.2) is 0 Å². The molecule has 0 aromatic heterocycles. The second-order valence-electron chi connectivity index (χ2n) is 10.7. The Bertz CT molecular complexity index is 1170. The molecule has 0 bridgehead atoms. The van der Waals surface area contributed by atoms with Crippen LogP contribution in [0.3, 0.4) is 0 Å². The van der Waals surface area contributed by atoms with Crippen molar-refractivity contribution in [2.45, 2.75) is 85.5 Å². The molecule has 2 aromatic rings. The van der Waals surface area contributed by atoms with E-state index in [1.807, 2.05) is 37.3 Å². The predicted molar refractivity (Wildman–Crippen MR) is 152 cm³/mol. The van der Waals surface area contributed by atoms with Gasteiger partial charge in [-0.25, -0.2) is 4.79 Å². The van der Waals surface area contributed by atoms with E-state index in [1.54, 1.807) is 0 Å². The highest BCUT2D eigenvalue weighted by molar-refractivity contribution is 6.74. The van der Waals surface area contributed by atoms with Gasteiger partial charge in [-0.2, -0.15) is 0 Å². The number of hydrogen-bond acceptors (Lipinski definition) is 3. The molecule has 0 heterocycles. The van der Waals surface area contributed by atoms with Gasteiger partial charge in [-0.3, -0.25) is 0 Å². The zero-order valence-electron chi connectivity index (χ0n) is 23.2. The fourth-order valence-electron chi connectivity index (χ4n) is 3.21. The van der Waals surface area contributed by atoms with Gasteiger partial charge < -0.3 is 9.16 Å². The smallest absolute Gasteiger partial charge is 0.332 e. The van der Waals surface area contributed by atoms with Crippen LogP contribution in [-0.4, -0.2) is 14.3 Å². The molecule has 0 saturated heterocycles. The number of benzene rings is 2. The molecule has 190 valence electrons. The normalized spacial score (nSPS) is 11.6. The second-order valence-corrected chi connectivity index (χ2v) is 15.4. The lowest BCUT2D eigenvalue weighted by Gasteiger charge is -2.37. The second kappa shape index (κ2) is 13.2. The summed E-state index contributed by atoms with van der Waals surface area (Å²) in [7, 11) is -1.88. The molecule has 0 aliphatic heterocycles. The van der Waals surface area contributed by atoms with Gasteiger partial charge >= 0.3 is 5.97 Å². The van der Waals surface area contributed by atoms with Gasteiger partial charge in [0.05, 0.1) is 0 Å². The molecular formula is C32H40O3Si. The van der Waals surface area contributed by atoms with Crippen molar-refractivity contribution in [3.63, 3.8) is 0 Å². The summed E-state index contributed by atoms with van der Waals surface area (Å²) in [6, 6.07) is 13.9. The summed E-state index contributed by atoms with van der Waals surface area (Å²) in [4.78, 5) is 11.9. The maximum Gasteiger partial charge on any atom is 0.332 e. The van der Waals surface area contributed by atoms with E-state index >= 15 is 0 Å². The first kappa shape index (κ1) is 29.0. The Hall–Kier alpha value is -3.21. The van der Waals surface area contributed by atoms with Crippen LogP contribution in [0.25, 0.3) is 0 Å². The minimum absolute atomic E-state index is 0.160. The summed E-state index contributed by atoms with van der Waals surface area (Å²) in [5, 5.41) is 0.160. The van der Waals surface area contributed by atoms with Crippen LogP contribution in [0.5, 0.6) is 5.75 Å². The van der Waals surface area contributed by atoms with Crippen molar-refractivity contribution in [2.75, 3.05) is 0 Å². The van der Waals surface area contributed by atoms with Gasteiger partial charge in [0.1, 0.15) is 12.4 Å². The zero-order chi connectivity index (χ0) is 26.8. The number of carbonyl (C=O) groups is 1. The molecule has 36 heavy (non-hydrogen) atoms. The average Bonchev–Trinajstić information content (AvgIpc) is 2.79. The number of carbonyl (C=O) groups excluding carboxylic acids is 1. The first-order valence-electron chi connectivity index (χ1n) is 12.6. The average molecular weight is 501 g/mol. The Morgan fingerprint density at radius 2 is 1.61 bits per heavy atom. The van der Waals surface area contributed by atoms with E-state index in [0.29, 0.717) is 5.57 Å². The maximum atomic E-state index is 11.9. The number of rotatable bonds is 7. The van der Waals surface area contributed by atoms with Gasteiger partial charge in [0.25, 0.3) is 8.32 Å². The third-order valence-corrected chi connectivity index (χ3v) is 10.6. The molecule has 0 saturated carbocycles. The van der Waals surface area contributed by atoms with Crippen molar-refractivity contribution in [1.29, 1.82) is 0 Å². The molecule has 2 aromatic carbocycles. The predicted octanol–water partition coefficient (Wildman–Crippen LogP) is 7.90. The van der Waals surface area contributed by atoms with Crippen molar-refractivity contribution in [3.8, 4) is 29.4 Å². The molecule has 0 aliphatic rings. The van der Waals surface area contributed by atoms with Crippen LogP contribution in [0.2, 0.25) is 18.1 Å². The Kier molecular flexibility index (Phi) is 10.6. The third kappa shape index (κ3) is 9.44. The molecule has 0 amide bonds. The Morgan fingerprint density at radius 3 is 2.22 bits per heavy atom. The van der Waals surface area contributed by atoms with Crippen LogP contribution in [0.1, 0.15) is 69.2 Å². The topological polar surface area (TPSA) is 35.5 Å². The van der Waals surface area contributed by atoms with Crippen molar-refractivity contribution in [2.24, 2.45) is 0 Å². The number of aryl methyl sites for hydroxylation is 2. The largest absolute Gasteiger partial charge is 0.543 e. The molecule has 0 radical (unpaired) electrons. The zero-order valence-corrected chi connectivity index (χ0v) is 24.2. The summed E-state index contributed by atoms with van der Waals surface area (Å²) in [6.45, 7) is 17.6. The maximum absolute atomic E-state index is 11.9. The van der Waals surface area contributed by atoms with Crippen LogP contribution in [-0.2, 0) is 16.1 Å². The standard InChI is InChI=1S/C32H40O3Si/c1-25(21-30(33)34-24-28-18-15-12-16-19-28)17-13-10-9-11-14-20-29-22-26(2)31(27(3)23-29)35-36(7,8)32(4,5)6/h12,15-16,18-19,21-23H,9-11,24H2,1-8H3/b25-21-. The van der Waals surface area contributed by atoms with Crippen LogP contribution in [0.4, 0.5) is 0 Å². The van der Waals surface area contributed by atoms with E-state index in [1.165, 1.54) is 6.08 Å². The fraction of sp³-hybridized carbons (Fsp3) is 0.406. The number of hydrogen-bond donors (Lipinski definition) is 0. The van der Waals surface area contributed by atoms with E-state index < -0.39 is 8.32 Å². The van der Waals surface area contributed by atoms with E-state index in [-0.39, 0.29) is 17.6 Å². The summed E-state index contributed by atoms with van der Waals surface area (Å²) in [5.41, 5.74) is 4.96. The number of unbranched alkanes of at least 4 members (excludes halogenated alkanes) is 2. The Balaban J connectivity index is 1.83. The van der Waals surface area contributed by atoms with Gasteiger partial charge in [0, 0.05) is 30.1 Å². The van der Waals surface area contributed by atoms with Crippen molar-refractivity contribution >= 4 is 14.3 Å². The minimum atomic E-state index is -1.88. The summed E-state index contributed by atoms with van der Waals surface area (Å²) >= 11 is 0. The fourth-order valence-corrected chi connectivity index (χ4v) is 4.35. The third-order valence-electron chi connectivity index (χ3n) is 6.30. The molecule has 4 heteroatoms. The molecule has 2 rings (SSSR count). The van der Waals surface area contributed by atoms with Crippen molar-refractivity contribution in [1.82, 2.24) is 0 Å². The molecular weight excluding hydrogens is 460 g/mol. The number of allylic oxidation sites excluding steroid dienone is 1. The van der Waals surface area contributed by atoms with Crippen molar-refractivity contribution < 1.29 is 14.0 Å². The van der Waals surface area contributed by atoms with E-state index in [9.17, 15) is 4.79 Å². The van der Waals surface area contributed by atoms with E-state index in [2.05, 4.69) is 83.5 Å². The lowest BCUT2D eigenvalue weighted by atomic mass is 10.1. The number of ether oxygens (including phenoxy) is 1.